The van der Waals surface area contributed by atoms with Crippen molar-refractivity contribution in [1.82, 2.24) is 4.90 Å². The summed E-state index contributed by atoms with van der Waals surface area (Å²) in [7, 11) is 0. The van der Waals surface area contributed by atoms with Crippen LogP contribution in [0.5, 0.6) is 0 Å². The lowest BCUT2D eigenvalue weighted by Crippen LogP contribution is -2.38. The molecule has 0 bridgehead atoms. The van der Waals surface area contributed by atoms with E-state index in [-0.39, 0.29) is 5.91 Å². The highest BCUT2D eigenvalue weighted by Gasteiger charge is 2.31. The van der Waals surface area contributed by atoms with Crippen LogP contribution in [0.15, 0.2) is 24.3 Å². The molecule has 0 aliphatic carbocycles. The van der Waals surface area contributed by atoms with Gasteiger partial charge in [-0.3, -0.25) is 4.79 Å². The van der Waals surface area contributed by atoms with Crippen LogP contribution < -0.4 is 0 Å². The van der Waals surface area contributed by atoms with Crippen molar-refractivity contribution in [3.63, 3.8) is 0 Å². The molecule has 1 aromatic carbocycles. The average Bonchev–Trinajstić information content (AvgIpc) is 2.78. The molecule has 1 aromatic rings. The number of likely N-dealkylation sites (tertiary alicyclic amines) is 1. The smallest absolute Gasteiger partial charge is 0.254 e. The molecule has 2 rings (SSSR count). The second-order valence-electron chi connectivity index (χ2n) is 4.96. The zero-order valence-electron chi connectivity index (χ0n) is 10.3. The van der Waals surface area contributed by atoms with Crippen LogP contribution in [0.4, 0.5) is 0 Å². The molecule has 0 radical (unpaired) electrons. The lowest BCUT2D eigenvalue weighted by atomic mass is 10.0. The summed E-state index contributed by atoms with van der Waals surface area (Å²) in [6, 6.07) is 8.27. The van der Waals surface area contributed by atoms with Crippen LogP contribution in [0.2, 0.25) is 0 Å². The molecule has 0 saturated carbocycles. The van der Waals surface area contributed by atoms with Crippen LogP contribution in [0.25, 0.3) is 0 Å². The Morgan fingerprint density at radius 2 is 2.00 bits per heavy atom. The Bertz CT molecular complexity index is 399. The van der Waals surface area contributed by atoms with Gasteiger partial charge in [-0.05, 0) is 65.6 Å². The fourth-order valence-corrected chi connectivity index (χ4v) is 2.86. The SMILES string of the molecule is CC(C)C1CCCN1C(=O)c1ccc(I)cc1. The van der Waals surface area contributed by atoms with Crippen LogP contribution in [0.1, 0.15) is 37.0 Å². The number of hydrogen-bond acceptors (Lipinski definition) is 1. The van der Waals surface area contributed by atoms with Crippen molar-refractivity contribution in [3.8, 4) is 0 Å². The maximum atomic E-state index is 12.4. The number of amides is 1. The average molecular weight is 343 g/mol. The van der Waals surface area contributed by atoms with Crippen molar-refractivity contribution in [1.29, 1.82) is 0 Å². The summed E-state index contributed by atoms with van der Waals surface area (Å²) in [5, 5.41) is 0. The highest BCUT2D eigenvalue weighted by molar-refractivity contribution is 14.1. The normalized spacial score (nSPS) is 20.0. The Morgan fingerprint density at radius 1 is 1.35 bits per heavy atom. The molecule has 2 nitrogen and oxygen atoms in total. The van der Waals surface area contributed by atoms with Crippen LogP contribution in [0, 0.1) is 9.49 Å². The van der Waals surface area contributed by atoms with E-state index in [2.05, 4.69) is 36.4 Å². The number of carbonyl (C=O) groups is 1. The minimum absolute atomic E-state index is 0.192. The first-order chi connectivity index (χ1) is 8.09. The molecule has 3 heteroatoms. The number of hydrogen-bond donors (Lipinski definition) is 0. The molecule has 1 saturated heterocycles. The number of nitrogens with zero attached hydrogens (tertiary/aromatic N) is 1. The fourth-order valence-electron chi connectivity index (χ4n) is 2.50. The Hall–Kier alpha value is -0.580. The van der Waals surface area contributed by atoms with E-state index in [4.69, 9.17) is 0 Å². The lowest BCUT2D eigenvalue weighted by Gasteiger charge is -2.27. The Balaban J connectivity index is 2.17. The van der Waals surface area contributed by atoms with Gasteiger partial charge in [0.1, 0.15) is 0 Å². The molecule has 1 amide bonds. The third kappa shape index (κ3) is 2.81. The van der Waals surface area contributed by atoms with Gasteiger partial charge in [-0.2, -0.15) is 0 Å². The quantitative estimate of drug-likeness (QED) is 0.752. The molecular formula is C14H18INO. The van der Waals surface area contributed by atoms with E-state index in [0.29, 0.717) is 12.0 Å². The maximum Gasteiger partial charge on any atom is 0.254 e. The molecule has 1 aliphatic heterocycles. The van der Waals surface area contributed by atoms with E-state index >= 15 is 0 Å². The van der Waals surface area contributed by atoms with Gasteiger partial charge in [-0.25, -0.2) is 0 Å². The molecule has 0 N–H and O–H groups in total. The monoisotopic (exact) mass is 343 g/mol. The second-order valence-corrected chi connectivity index (χ2v) is 6.20. The zero-order chi connectivity index (χ0) is 12.4. The van der Waals surface area contributed by atoms with Crippen molar-refractivity contribution in [3.05, 3.63) is 33.4 Å². The lowest BCUT2D eigenvalue weighted by molar-refractivity contribution is 0.0701. The molecule has 1 fully saturated rings. The largest absolute Gasteiger partial charge is 0.335 e. The number of carbonyl (C=O) groups excluding carboxylic acids is 1. The van der Waals surface area contributed by atoms with E-state index in [9.17, 15) is 4.79 Å². The van der Waals surface area contributed by atoms with E-state index in [0.717, 1.165) is 24.9 Å². The zero-order valence-corrected chi connectivity index (χ0v) is 12.5. The fraction of sp³-hybridized carbons (Fsp3) is 0.500. The van der Waals surface area contributed by atoms with E-state index in [1.807, 2.05) is 29.2 Å². The summed E-state index contributed by atoms with van der Waals surface area (Å²) >= 11 is 2.26. The topological polar surface area (TPSA) is 20.3 Å². The number of rotatable bonds is 2. The van der Waals surface area contributed by atoms with Crippen molar-refractivity contribution in [2.45, 2.75) is 32.7 Å². The molecule has 1 heterocycles. The van der Waals surface area contributed by atoms with Gasteiger partial charge in [0.2, 0.25) is 0 Å². The molecule has 17 heavy (non-hydrogen) atoms. The number of halogens is 1. The van der Waals surface area contributed by atoms with Crippen LogP contribution in [0.3, 0.4) is 0 Å². The van der Waals surface area contributed by atoms with E-state index in [1.165, 1.54) is 3.57 Å². The van der Waals surface area contributed by atoms with Gasteiger partial charge in [-0.1, -0.05) is 13.8 Å². The number of benzene rings is 1. The van der Waals surface area contributed by atoms with Crippen molar-refractivity contribution in [2.75, 3.05) is 6.54 Å². The Kier molecular flexibility index (Phi) is 4.07. The summed E-state index contributed by atoms with van der Waals surface area (Å²) in [6.45, 7) is 5.31. The highest BCUT2D eigenvalue weighted by Crippen LogP contribution is 2.25. The first-order valence-corrected chi connectivity index (χ1v) is 7.24. The van der Waals surface area contributed by atoms with Crippen molar-refractivity contribution in [2.24, 2.45) is 5.92 Å². The predicted molar refractivity (Wildman–Crippen MR) is 78.1 cm³/mol. The molecule has 92 valence electrons. The van der Waals surface area contributed by atoms with Crippen LogP contribution >= 0.6 is 22.6 Å². The Labute approximate surface area is 117 Å². The van der Waals surface area contributed by atoms with Gasteiger partial charge in [0.25, 0.3) is 5.91 Å². The summed E-state index contributed by atoms with van der Waals surface area (Å²) in [5.74, 6) is 0.739. The van der Waals surface area contributed by atoms with Crippen LogP contribution in [-0.2, 0) is 0 Å². The van der Waals surface area contributed by atoms with E-state index < -0.39 is 0 Å². The third-order valence-corrected chi connectivity index (χ3v) is 4.14. The molecule has 1 aliphatic rings. The standard InChI is InChI=1S/C14H18INO/c1-10(2)13-4-3-9-16(13)14(17)11-5-7-12(15)8-6-11/h5-8,10,13H,3-4,9H2,1-2H3. The van der Waals surface area contributed by atoms with Gasteiger partial charge >= 0.3 is 0 Å². The van der Waals surface area contributed by atoms with Crippen LogP contribution in [-0.4, -0.2) is 23.4 Å². The molecular weight excluding hydrogens is 325 g/mol. The minimum atomic E-state index is 0.192. The summed E-state index contributed by atoms with van der Waals surface area (Å²) in [6.07, 6.45) is 2.28. The second kappa shape index (κ2) is 5.38. The van der Waals surface area contributed by atoms with E-state index in [1.54, 1.807) is 0 Å². The van der Waals surface area contributed by atoms with Gasteiger partial charge in [0, 0.05) is 21.7 Å². The third-order valence-electron chi connectivity index (χ3n) is 3.42. The molecule has 1 atom stereocenters. The highest BCUT2D eigenvalue weighted by atomic mass is 127. The molecule has 0 spiro atoms. The Morgan fingerprint density at radius 3 is 2.59 bits per heavy atom. The van der Waals surface area contributed by atoms with Crippen molar-refractivity contribution < 1.29 is 4.79 Å². The summed E-state index contributed by atoms with van der Waals surface area (Å²) in [5.41, 5.74) is 0.818. The first kappa shape index (κ1) is 12.9. The van der Waals surface area contributed by atoms with Gasteiger partial charge in [-0.15, -0.1) is 0 Å². The van der Waals surface area contributed by atoms with Crippen molar-refractivity contribution >= 4 is 28.5 Å². The summed E-state index contributed by atoms with van der Waals surface area (Å²) in [4.78, 5) is 14.4. The molecule has 1 unspecified atom stereocenters. The minimum Gasteiger partial charge on any atom is -0.335 e. The predicted octanol–water partition coefficient (Wildman–Crippen LogP) is 3.55. The first-order valence-electron chi connectivity index (χ1n) is 6.16. The molecule has 0 aromatic heterocycles. The summed E-state index contributed by atoms with van der Waals surface area (Å²) < 4.78 is 1.17. The van der Waals surface area contributed by atoms with Gasteiger partial charge < -0.3 is 4.90 Å². The van der Waals surface area contributed by atoms with Gasteiger partial charge in [0.15, 0.2) is 0 Å². The maximum absolute atomic E-state index is 12.4. The van der Waals surface area contributed by atoms with Gasteiger partial charge in [0.05, 0.1) is 0 Å².